The third-order valence-corrected chi connectivity index (χ3v) is 5.59. The average Bonchev–Trinajstić information content (AvgIpc) is 3.09. The molecular weight excluding hydrogens is 350 g/mol. The van der Waals surface area contributed by atoms with E-state index in [1.54, 1.807) is 0 Å². The Morgan fingerprint density at radius 1 is 1.11 bits per heavy atom. The van der Waals surface area contributed by atoms with Gasteiger partial charge in [0.25, 0.3) is 5.91 Å². The van der Waals surface area contributed by atoms with E-state index < -0.39 is 0 Å². The van der Waals surface area contributed by atoms with Crippen LogP contribution in [0.3, 0.4) is 0 Å². The fourth-order valence-electron chi connectivity index (χ4n) is 3.78. The predicted octanol–water partition coefficient (Wildman–Crippen LogP) is 2.65. The number of piperazine rings is 1. The summed E-state index contributed by atoms with van der Waals surface area (Å²) in [5.41, 5.74) is 2.73. The maximum Gasteiger partial charge on any atom is 0.268 e. The van der Waals surface area contributed by atoms with Crippen molar-refractivity contribution in [3.63, 3.8) is 0 Å². The van der Waals surface area contributed by atoms with Crippen LogP contribution < -0.4 is 10.2 Å². The number of nitrogens with one attached hydrogen (secondary N) is 1. The molecule has 0 unspecified atom stereocenters. The Hall–Kier alpha value is -2.86. The van der Waals surface area contributed by atoms with Crippen molar-refractivity contribution in [1.82, 2.24) is 19.8 Å². The number of fused-ring (bicyclic) bond motifs is 1. The molecule has 3 aromatic rings. The number of rotatable bonds is 5. The van der Waals surface area contributed by atoms with Gasteiger partial charge in [-0.1, -0.05) is 31.2 Å². The standard InChI is InChI=1S/C22H27N5O/c1-3-26-10-12-27(13-11-26)21-9-8-17(15-23-21)16-24-22(28)20-14-18-6-4-5-7-19(18)25(20)2/h4-9,14-15H,3,10-13,16H2,1-2H3,(H,24,28). The van der Waals surface area contributed by atoms with Crippen LogP contribution in [0.1, 0.15) is 23.0 Å². The molecule has 1 amide bonds. The molecule has 3 heterocycles. The average molecular weight is 377 g/mol. The maximum atomic E-state index is 12.6. The Labute approximate surface area is 165 Å². The lowest BCUT2D eigenvalue weighted by Gasteiger charge is -2.34. The van der Waals surface area contributed by atoms with Crippen LogP contribution in [0.4, 0.5) is 5.82 Å². The van der Waals surface area contributed by atoms with Gasteiger partial charge in [-0.25, -0.2) is 4.98 Å². The van der Waals surface area contributed by atoms with Gasteiger partial charge in [-0.05, 0) is 30.3 Å². The number of hydrogen-bond donors (Lipinski definition) is 1. The van der Waals surface area contributed by atoms with Crippen molar-refractivity contribution in [2.24, 2.45) is 7.05 Å². The zero-order valence-electron chi connectivity index (χ0n) is 16.6. The summed E-state index contributed by atoms with van der Waals surface area (Å²) in [5, 5.41) is 4.08. The van der Waals surface area contributed by atoms with Gasteiger partial charge in [0.1, 0.15) is 11.5 Å². The van der Waals surface area contributed by atoms with Crippen molar-refractivity contribution in [3.05, 3.63) is 59.9 Å². The van der Waals surface area contributed by atoms with E-state index in [0.717, 1.165) is 55.0 Å². The molecule has 0 aliphatic carbocycles. The number of nitrogens with zero attached hydrogens (tertiary/aromatic N) is 4. The zero-order chi connectivity index (χ0) is 19.5. The van der Waals surface area contributed by atoms with E-state index in [9.17, 15) is 4.79 Å². The number of hydrogen-bond acceptors (Lipinski definition) is 4. The van der Waals surface area contributed by atoms with Gasteiger partial charge in [-0.3, -0.25) is 4.79 Å². The van der Waals surface area contributed by atoms with E-state index in [0.29, 0.717) is 12.2 Å². The number of anilines is 1. The van der Waals surface area contributed by atoms with Gasteiger partial charge in [0.05, 0.1) is 0 Å². The SMILES string of the molecule is CCN1CCN(c2ccc(CNC(=O)c3cc4ccccc4n3C)cn2)CC1. The van der Waals surface area contributed by atoms with E-state index >= 15 is 0 Å². The molecule has 1 aliphatic rings. The normalized spacial score (nSPS) is 15.1. The summed E-state index contributed by atoms with van der Waals surface area (Å²) in [5.74, 6) is 0.943. The highest BCUT2D eigenvalue weighted by molar-refractivity contribution is 5.98. The van der Waals surface area contributed by atoms with Crippen LogP contribution in [-0.2, 0) is 13.6 Å². The van der Waals surface area contributed by atoms with E-state index in [4.69, 9.17) is 0 Å². The Kier molecular flexibility index (Phi) is 5.30. The van der Waals surface area contributed by atoms with E-state index in [1.807, 2.05) is 48.1 Å². The highest BCUT2D eigenvalue weighted by Gasteiger charge is 2.17. The summed E-state index contributed by atoms with van der Waals surface area (Å²) in [6.07, 6.45) is 1.86. The number of carbonyl (C=O) groups excluding carboxylic acids is 1. The van der Waals surface area contributed by atoms with Gasteiger partial charge in [0, 0.05) is 56.9 Å². The molecule has 4 rings (SSSR count). The Bertz CT molecular complexity index is 955. The lowest BCUT2D eigenvalue weighted by Crippen LogP contribution is -2.46. The second-order valence-corrected chi connectivity index (χ2v) is 7.28. The second-order valence-electron chi connectivity index (χ2n) is 7.28. The van der Waals surface area contributed by atoms with Crippen molar-refractivity contribution < 1.29 is 4.79 Å². The van der Waals surface area contributed by atoms with Gasteiger partial charge < -0.3 is 19.7 Å². The first kappa shape index (κ1) is 18.5. The Morgan fingerprint density at radius 3 is 2.57 bits per heavy atom. The van der Waals surface area contributed by atoms with Crippen molar-refractivity contribution in [2.45, 2.75) is 13.5 Å². The predicted molar refractivity (Wildman–Crippen MR) is 113 cm³/mol. The van der Waals surface area contributed by atoms with Crippen molar-refractivity contribution in [1.29, 1.82) is 0 Å². The van der Waals surface area contributed by atoms with Crippen LogP contribution in [0, 0.1) is 0 Å². The van der Waals surface area contributed by atoms with Crippen LogP contribution in [-0.4, -0.2) is 53.1 Å². The summed E-state index contributed by atoms with van der Waals surface area (Å²) < 4.78 is 1.93. The van der Waals surface area contributed by atoms with Crippen LogP contribution in [0.5, 0.6) is 0 Å². The van der Waals surface area contributed by atoms with Crippen molar-refractivity contribution in [2.75, 3.05) is 37.6 Å². The van der Waals surface area contributed by atoms with E-state index in [1.165, 1.54) is 0 Å². The van der Waals surface area contributed by atoms with Gasteiger partial charge in [0.15, 0.2) is 0 Å². The summed E-state index contributed by atoms with van der Waals surface area (Å²) in [4.78, 5) is 22.0. The second kappa shape index (κ2) is 8.02. The molecule has 146 valence electrons. The molecule has 2 aromatic heterocycles. The third-order valence-electron chi connectivity index (χ3n) is 5.59. The van der Waals surface area contributed by atoms with E-state index in [-0.39, 0.29) is 5.91 Å². The van der Waals surface area contributed by atoms with Crippen molar-refractivity contribution in [3.8, 4) is 0 Å². The third kappa shape index (κ3) is 3.73. The highest BCUT2D eigenvalue weighted by Crippen LogP contribution is 2.18. The molecule has 1 saturated heterocycles. The first-order valence-electron chi connectivity index (χ1n) is 9.90. The lowest BCUT2D eigenvalue weighted by atomic mass is 10.2. The van der Waals surface area contributed by atoms with Crippen LogP contribution >= 0.6 is 0 Å². The van der Waals surface area contributed by atoms with E-state index in [2.05, 4.69) is 39.2 Å². The molecule has 1 aromatic carbocycles. The first-order chi connectivity index (χ1) is 13.7. The molecule has 6 nitrogen and oxygen atoms in total. The number of aryl methyl sites for hydroxylation is 1. The molecule has 0 bridgehead atoms. The molecule has 0 spiro atoms. The fourth-order valence-corrected chi connectivity index (χ4v) is 3.78. The minimum Gasteiger partial charge on any atom is -0.354 e. The summed E-state index contributed by atoms with van der Waals surface area (Å²) in [6.45, 7) is 7.97. The molecular formula is C22H27N5O. The van der Waals surface area contributed by atoms with Crippen LogP contribution in [0.15, 0.2) is 48.7 Å². The van der Waals surface area contributed by atoms with Gasteiger partial charge >= 0.3 is 0 Å². The van der Waals surface area contributed by atoms with Gasteiger partial charge in [-0.2, -0.15) is 0 Å². The summed E-state index contributed by atoms with van der Waals surface area (Å²) >= 11 is 0. The Morgan fingerprint density at radius 2 is 1.89 bits per heavy atom. The fraction of sp³-hybridized carbons (Fsp3) is 0.364. The molecule has 1 N–H and O–H groups in total. The summed E-state index contributed by atoms with van der Waals surface area (Å²) in [7, 11) is 1.92. The quantitative estimate of drug-likeness (QED) is 0.743. The van der Waals surface area contributed by atoms with Crippen molar-refractivity contribution >= 4 is 22.6 Å². The van der Waals surface area contributed by atoms with Gasteiger partial charge in [-0.15, -0.1) is 0 Å². The highest BCUT2D eigenvalue weighted by atomic mass is 16.1. The number of pyridine rings is 1. The minimum absolute atomic E-state index is 0.0709. The number of amides is 1. The number of likely N-dealkylation sites (N-methyl/N-ethyl adjacent to an activating group) is 1. The monoisotopic (exact) mass is 377 g/mol. The molecule has 1 fully saturated rings. The Balaban J connectivity index is 1.37. The molecule has 1 aliphatic heterocycles. The molecule has 28 heavy (non-hydrogen) atoms. The van der Waals surface area contributed by atoms with Gasteiger partial charge in [0.2, 0.25) is 0 Å². The zero-order valence-corrected chi connectivity index (χ0v) is 16.6. The molecule has 6 heteroatoms. The lowest BCUT2D eigenvalue weighted by molar-refractivity contribution is 0.0943. The number of carbonyl (C=O) groups is 1. The topological polar surface area (TPSA) is 53.4 Å². The number of benzene rings is 1. The smallest absolute Gasteiger partial charge is 0.268 e. The van der Waals surface area contributed by atoms with Crippen LogP contribution in [0.2, 0.25) is 0 Å². The molecule has 0 radical (unpaired) electrons. The summed E-state index contributed by atoms with van der Waals surface area (Å²) in [6, 6.07) is 14.1. The molecule has 0 atom stereocenters. The largest absolute Gasteiger partial charge is 0.354 e. The number of para-hydroxylation sites is 1. The minimum atomic E-state index is -0.0709. The first-order valence-corrected chi connectivity index (χ1v) is 9.90. The van der Waals surface area contributed by atoms with Crippen LogP contribution in [0.25, 0.3) is 10.9 Å². The number of aromatic nitrogens is 2. The molecule has 0 saturated carbocycles. The maximum absolute atomic E-state index is 12.6.